The molecule has 7 nitrogen and oxygen atoms in total. The minimum atomic E-state index is 0. The molecule has 3 rings (SSSR count). The van der Waals surface area contributed by atoms with E-state index in [1.807, 2.05) is 53.5 Å². The smallest absolute Gasteiger partial charge is 0.242 e. The number of halogens is 2. The SMILES string of the molecule is CN=C(NCCc1cnn(C)c1)N1CCN(Cc2ccc(Cl)cc2)C(=O)C1.I. The summed E-state index contributed by atoms with van der Waals surface area (Å²) in [5.41, 5.74) is 2.25. The van der Waals surface area contributed by atoms with E-state index < -0.39 is 0 Å². The third kappa shape index (κ3) is 6.10. The molecule has 1 amide bonds. The zero-order chi connectivity index (χ0) is 19.2. The van der Waals surface area contributed by atoms with Crippen LogP contribution in [0.4, 0.5) is 0 Å². The van der Waals surface area contributed by atoms with Crippen LogP contribution in [0.25, 0.3) is 0 Å². The Balaban J connectivity index is 0.00000280. The Morgan fingerprint density at radius 3 is 2.61 bits per heavy atom. The Kier molecular flexibility index (Phi) is 8.56. The summed E-state index contributed by atoms with van der Waals surface area (Å²) in [4.78, 5) is 20.8. The van der Waals surface area contributed by atoms with Crippen LogP contribution in [-0.2, 0) is 24.8 Å². The van der Waals surface area contributed by atoms with Gasteiger partial charge in [-0.2, -0.15) is 5.10 Å². The molecular formula is C19H26ClIN6O. The highest BCUT2D eigenvalue weighted by molar-refractivity contribution is 14.0. The molecule has 0 radical (unpaired) electrons. The van der Waals surface area contributed by atoms with Crippen molar-refractivity contribution in [3.05, 3.63) is 52.8 Å². The van der Waals surface area contributed by atoms with Gasteiger partial charge in [-0.25, -0.2) is 0 Å². The summed E-state index contributed by atoms with van der Waals surface area (Å²) in [6.45, 7) is 3.12. The lowest BCUT2D eigenvalue weighted by Gasteiger charge is -2.36. The Bertz CT molecular complexity index is 807. The van der Waals surface area contributed by atoms with Crippen LogP contribution >= 0.6 is 35.6 Å². The van der Waals surface area contributed by atoms with Gasteiger partial charge in [-0.05, 0) is 29.7 Å². The van der Waals surface area contributed by atoms with Gasteiger partial charge in [0.1, 0.15) is 0 Å². The molecule has 1 fully saturated rings. The van der Waals surface area contributed by atoms with Crippen molar-refractivity contribution in [2.75, 3.05) is 33.2 Å². The third-order valence-electron chi connectivity index (χ3n) is 4.57. The highest BCUT2D eigenvalue weighted by Gasteiger charge is 2.25. The largest absolute Gasteiger partial charge is 0.356 e. The van der Waals surface area contributed by atoms with E-state index in [2.05, 4.69) is 15.4 Å². The number of guanidine groups is 1. The number of piperazine rings is 1. The number of hydrogen-bond acceptors (Lipinski definition) is 3. The average molecular weight is 517 g/mol. The maximum absolute atomic E-state index is 12.6. The molecule has 1 aromatic carbocycles. The van der Waals surface area contributed by atoms with Crippen LogP contribution in [0.1, 0.15) is 11.1 Å². The zero-order valence-corrected chi connectivity index (χ0v) is 19.2. The second-order valence-corrected chi connectivity index (χ2v) is 7.05. The van der Waals surface area contributed by atoms with E-state index >= 15 is 0 Å². The molecule has 2 aromatic rings. The van der Waals surface area contributed by atoms with Crippen molar-refractivity contribution in [2.24, 2.45) is 12.0 Å². The minimum absolute atomic E-state index is 0. The molecule has 0 unspecified atom stereocenters. The van der Waals surface area contributed by atoms with Crippen molar-refractivity contribution >= 4 is 47.4 Å². The molecule has 28 heavy (non-hydrogen) atoms. The van der Waals surface area contributed by atoms with Gasteiger partial charge in [-0.15, -0.1) is 24.0 Å². The van der Waals surface area contributed by atoms with Gasteiger partial charge in [0.2, 0.25) is 5.91 Å². The van der Waals surface area contributed by atoms with E-state index in [4.69, 9.17) is 11.6 Å². The van der Waals surface area contributed by atoms with Crippen LogP contribution in [0.5, 0.6) is 0 Å². The van der Waals surface area contributed by atoms with Crippen molar-refractivity contribution in [2.45, 2.75) is 13.0 Å². The molecule has 0 bridgehead atoms. The molecule has 152 valence electrons. The first-order valence-electron chi connectivity index (χ1n) is 9.00. The fourth-order valence-electron chi connectivity index (χ4n) is 3.12. The molecule has 0 saturated carbocycles. The van der Waals surface area contributed by atoms with Gasteiger partial charge in [0.25, 0.3) is 0 Å². The van der Waals surface area contributed by atoms with Crippen LogP contribution < -0.4 is 5.32 Å². The predicted octanol–water partition coefficient (Wildman–Crippen LogP) is 2.15. The number of amides is 1. The van der Waals surface area contributed by atoms with Gasteiger partial charge in [0, 0.05) is 51.5 Å². The van der Waals surface area contributed by atoms with Crippen LogP contribution in [0, 0.1) is 0 Å². The van der Waals surface area contributed by atoms with Crippen LogP contribution in [0.2, 0.25) is 5.02 Å². The monoisotopic (exact) mass is 516 g/mol. The summed E-state index contributed by atoms with van der Waals surface area (Å²) >= 11 is 5.92. The predicted molar refractivity (Wildman–Crippen MR) is 122 cm³/mol. The lowest BCUT2D eigenvalue weighted by molar-refractivity contribution is -0.135. The Morgan fingerprint density at radius 1 is 1.25 bits per heavy atom. The summed E-state index contributed by atoms with van der Waals surface area (Å²) in [5.74, 6) is 0.866. The highest BCUT2D eigenvalue weighted by atomic mass is 127. The quantitative estimate of drug-likeness (QED) is 0.376. The lowest BCUT2D eigenvalue weighted by atomic mass is 10.2. The summed E-state index contributed by atoms with van der Waals surface area (Å²) in [5, 5.41) is 8.22. The second-order valence-electron chi connectivity index (χ2n) is 6.61. The molecule has 1 aliphatic rings. The molecule has 2 heterocycles. The van der Waals surface area contributed by atoms with E-state index in [1.165, 1.54) is 5.56 Å². The van der Waals surface area contributed by atoms with Crippen LogP contribution in [0.15, 0.2) is 41.7 Å². The molecule has 9 heteroatoms. The summed E-state index contributed by atoms with van der Waals surface area (Å²) in [6, 6.07) is 7.62. The first kappa shape index (κ1) is 22.5. The van der Waals surface area contributed by atoms with Gasteiger partial charge in [-0.3, -0.25) is 14.5 Å². The van der Waals surface area contributed by atoms with Gasteiger partial charge in [-0.1, -0.05) is 23.7 Å². The van der Waals surface area contributed by atoms with Crippen molar-refractivity contribution in [1.29, 1.82) is 0 Å². The van der Waals surface area contributed by atoms with Crippen molar-refractivity contribution < 1.29 is 4.79 Å². The topological polar surface area (TPSA) is 65.8 Å². The fraction of sp³-hybridized carbons (Fsp3) is 0.421. The summed E-state index contributed by atoms with van der Waals surface area (Å²) in [7, 11) is 3.65. The maximum atomic E-state index is 12.6. The minimum Gasteiger partial charge on any atom is -0.356 e. The molecule has 1 aliphatic heterocycles. The standard InChI is InChI=1S/C19H25ClN6O.HI/c1-21-19(22-8-7-16-11-23-24(2)12-16)26-10-9-25(18(27)14-26)13-15-3-5-17(20)6-4-15;/h3-6,11-12H,7-10,13-14H2,1-2H3,(H,21,22);1H. The molecule has 0 aliphatic carbocycles. The Labute approximate surface area is 187 Å². The molecule has 1 aromatic heterocycles. The van der Waals surface area contributed by atoms with Crippen LogP contribution in [-0.4, -0.2) is 64.7 Å². The third-order valence-corrected chi connectivity index (χ3v) is 4.82. The summed E-state index contributed by atoms with van der Waals surface area (Å²) in [6.07, 6.45) is 4.73. The number of aromatic nitrogens is 2. The van der Waals surface area contributed by atoms with Crippen molar-refractivity contribution in [3.8, 4) is 0 Å². The van der Waals surface area contributed by atoms with E-state index in [1.54, 1.807) is 11.7 Å². The maximum Gasteiger partial charge on any atom is 0.242 e. The van der Waals surface area contributed by atoms with Crippen LogP contribution in [0.3, 0.4) is 0 Å². The van der Waals surface area contributed by atoms with E-state index in [-0.39, 0.29) is 29.9 Å². The van der Waals surface area contributed by atoms with Crippen molar-refractivity contribution in [1.82, 2.24) is 24.9 Å². The molecule has 0 atom stereocenters. The zero-order valence-electron chi connectivity index (χ0n) is 16.1. The molecule has 1 saturated heterocycles. The average Bonchev–Trinajstić information content (AvgIpc) is 3.07. The first-order valence-corrected chi connectivity index (χ1v) is 9.38. The van der Waals surface area contributed by atoms with E-state index in [0.29, 0.717) is 24.7 Å². The van der Waals surface area contributed by atoms with Gasteiger partial charge in [0.15, 0.2) is 5.96 Å². The second kappa shape index (κ2) is 10.7. The van der Waals surface area contributed by atoms with E-state index in [0.717, 1.165) is 31.0 Å². The normalized spacial score (nSPS) is 14.8. The van der Waals surface area contributed by atoms with Crippen molar-refractivity contribution in [3.63, 3.8) is 0 Å². The van der Waals surface area contributed by atoms with Gasteiger partial charge >= 0.3 is 0 Å². The number of nitrogens with zero attached hydrogens (tertiary/aromatic N) is 5. The number of carbonyl (C=O) groups excluding carboxylic acids is 1. The molecule has 1 N–H and O–H groups in total. The first-order chi connectivity index (χ1) is 13.0. The lowest BCUT2D eigenvalue weighted by Crippen LogP contribution is -2.55. The number of nitrogens with one attached hydrogen (secondary N) is 1. The molecule has 0 spiro atoms. The number of aryl methyl sites for hydroxylation is 1. The summed E-state index contributed by atoms with van der Waals surface area (Å²) < 4.78 is 1.79. The Hall–Kier alpha value is -1.81. The highest BCUT2D eigenvalue weighted by Crippen LogP contribution is 2.13. The fourth-order valence-corrected chi connectivity index (χ4v) is 3.24. The molecular weight excluding hydrogens is 491 g/mol. The number of carbonyl (C=O) groups is 1. The number of aliphatic imine (C=N–C) groups is 1. The number of rotatable bonds is 5. The van der Waals surface area contributed by atoms with Gasteiger partial charge < -0.3 is 15.1 Å². The number of hydrogen-bond donors (Lipinski definition) is 1. The Morgan fingerprint density at radius 2 is 2.00 bits per heavy atom. The number of benzene rings is 1. The van der Waals surface area contributed by atoms with E-state index in [9.17, 15) is 4.79 Å². The van der Waals surface area contributed by atoms with Gasteiger partial charge in [0.05, 0.1) is 12.7 Å².